The molecule has 2 amide bonds. The lowest BCUT2D eigenvalue weighted by Gasteiger charge is -2.11. The molecule has 0 atom stereocenters. The first-order valence-electron chi connectivity index (χ1n) is 8.32. The summed E-state index contributed by atoms with van der Waals surface area (Å²) < 4.78 is 10.5. The van der Waals surface area contributed by atoms with Crippen LogP contribution in [0.1, 0.15) is 46.7 Å². The third-order valence-corrected chi connectivity index (χ3v) is 3.55. The molecule has 0 saturated heterocycles. The van der Waals surface area contributed by atoms with Crippen LogP contribution >= 0.6 is 0 Å². The molecular formula is C19H24N2O4. The lowest BCUT2D eigenvalue weighted by Crippen LogP contribution is -2.25. The molecule has 1 aromatic heterocycles. The van der Waals surface area contributed by atoms with Gasteiger partial charge in [0.05, 0.1) is 12.4 Å². The quantitative estimate of drug-likeness (QED) is 0.719. The van der Waals surface area contributed by atoms with Crippen LogP contribution in [0.3, 0.4) is 0 Å². The average Bonchev–Trinajstić information content (AvgIpc) is 3.10. The second kappa shape index (κ2) is 9.03. The highest BCUT2D eigenvalue weighted by Gasteiger charge is 2.12. The molecule has 2 aromatic rings. The van der Waals surface area contributed by atoms with Crippen LogP contribution < -0.4 is 10.6 Å². The number of hydrogen-bond donors (Lipinski definition) is 2. The zero-order valence-electron chi connectivity index (χ0n) is 14.8. The van der Waals surface area contributed by atoms with Crippen molar-refractivity contribution in [2.75, 3.05) is 18.5 Å². The molecule has 25 heavy (non-hydrogen) atoms. The van der Waals surface area contributed by atoms with Crippen molar-refractivity contribution < 1.29 is 18.7 Å². The topological polar surface area (TPSA) is 80.6 Å². The lowest BCUT2D eigenvalue weighted by molar-refractivity contribution is 0.0757. The molecule has 0 fully saturated rings. The predicted octanol–water partition coefficient (Wildman–Crippen LogP) is 3.39. The van der Waals surface area contributed by atoms with Crippen LogP contribution in [-0.2, 0) is 4.74 Å². The third-order valence-electron chi connectivity index (χ3n) is 3.55. The van der Waals surface area contributed by atoms with Gasteiger partial charge in [0.15, 0.2) is 5.76 Å². The zero-order valence-corrected chi connectivity index (χ0v) is 14.8. The van der Waals surface area contributed by atoms with Crippen LogP contribution in [0.4, 0.5) is 5.69 Å². The Kier molecular flexibility index (Phi) is 6.77. The van der Waals surface area contributed by atoms with Crippen LogP contribution in [-0.4, -0.2) is 31.1 Å². The van der Waals surface area contributed by atoms with Gasteiger partial charge in [0, 0.05) is 24.4 Å². The highest BCUT2D eigenvalue weighted by Crippen LogP contribution is 2.18. The Morgan fingerprint density at radius 1 is 1.20 bits per heavy atom. The number of nitrogens with one attached hydrogen (secondary N) is 2. The normalized spacial score (nSPS) is 10.7. The van der Waals surface area contributed by atoms with E-state index < -0.39 is 0 Å². The summed E-state index contributed by atoms with van der Waals surface area (Å²) >= 11 is 0. The van der Waals surface area contributed by atoms with Gasteiger partial charge in [0.1, 0.15) is 0 Å². The van der Waals surface area contributed by atoms with Crippen LogP contribution in [0.25, 0.3) is 0 Å². The van der Waals surface area contributed by atoms with Crippen molar-refractivity contribution in [1.82, 2.24) is 5.32 Å². The van der Waals surface area contributed by atoms with Gasteiger partial charge in [0.25, 0.3) is 11.8 Å². The van der Waals surface area contributed by atoms with E-state index >= 15 is 0 Å². The van der Waals surface area contributed by atoms with Crippen LogP contribution in [0.5, 0.6) is 0 Å². The van der Waals surface area contributed by atoms with Crippen molar-refractivity contribution in [3.05, 3.63) is 53.5 Å². The second-order valence-corrected chi connectivity index (χ2v) is 5.99. The Labute approximate surface area is 147 Å². The van der Waals surface area contributed by atoms with E-state index in [1.807, 2.05) is 20.8 Å². The van der Waals surface area contributed by atoms with Gasteiger partial charge < -0.3 is 19.8 Å². The van der Waals surface area contributed by atoms with E-state index in [1.54, 1.807) is 30.3 Å². The van der Waals surface area contributed by atoms with Gasteiger partial charge in [-0.05, 0) is 57.0 Å². The maximum Gasteiger partial charge on any atom is 0.291 e. The van der Waals surface area contributed by atoms with Crippen molar-refractivity contribution in [2.45, 2.75) is 33.3 Å². The number of benzene rings is 1. The summed E-state index contributed by atoms with van der Waals surface area (Å²) in [4.78, 5) is 24.3. The summed E-state index contributed by atoms with van der Waals surface area (Å²) in [6, 6.07) is 8.43. The predicted molar refractivity (Wildman–Crippen MR) is 95.9 cm³/mol. The minimum absolute atomic E-state index is 0.182. The van der Waals surface area contributed by atoms with Gasteiger partial charge in [-0.15, -0.1) is 0 Å². The van der Waals surface area contributed by atoms with Gasteiger partial charge in [-0.3, -0.25) is 9.59 Å². The van der Waals surface area contributed by atoms with E-state index in [1.165, 1.54) is 6.26 Å². The molecule has 1 aromatic carbocycles. The zero-order chi connectivity index (χ0) is 18.2. The van der Waals surface area contributed by atoms with Crippen LogP contribution in [0, 0.1) is 6.92 Å². The lowest BCUT2D eigenvalue weighted by atomic mass is 10.1. The molecule has 6 nitrogen and oxygen atoms in total. The van der Waals surface area contributed by atoms with Crippen molar-refractivity contribution in [2.24, 2.45) is 0 Å². The number of amides is 2. The van der Waals surface area contributed by atoms with Gasteiger partial charge in [-0.25, -0.2) is 0 Å². The summed E-state index contributed by atoms with van der Waals surface area (Å²) in [6.45, 7) is 6.96. The molecular weight excluding hydrogens is 320 g/mol. The summed E-state index contributed by atoms with van der Waals surface area (Å²) in [6.07, 6.45) is 2.38. The first-order valence-corrected chi connectivity index (χ1v) is 8.32. The van der Waals surface area contributed by atoms with Gasteiger partial charge in [-0.1, -0.05) is 6.07 Å². The fraction of sp³-hybridized carbons (Fsp3) is 0.368. The first-order chi connectivity index (χ1) is 12.0. The van der Waals surface area contributed by atoms with Gasteiger partial charge in [-0.2, -0.15) is 0 Å². The molecule has 2 N–H and O–H groups in total. The maximum absolute atomic E-state index is 12.2. The van der Waals surface area contributed by atoms with E-state index in [2.05, 4.69) is 10.6 Å². The molecule has 6 heteroatoms. The Bertz CT molecular complexity index is 708. The molecule has 0 bridgehead atoms. The van der Waals surface area contributed by atoms with Crippen LogP contribution in [0.15, 0.2) is 41.0 Å². The van der Waals surface area contributed by atoms with Gasteiger partial charge >= 0.3 is 0 Å². The fourth-order valence-electron chi connectivity index (χ4n) is 2.18. The Balaban J connectivity index is 1.93. The summed E-state index contributed by atoms with van der Waals surface area (Å²) in [5.74, 6) is -0.311. The summed E-state index contributed by atoms with van der Waals surface area (Å²) in [5.41, 5.74) is 1.93. The largest absolute Gasteiger partial charge is 0.459 e. The maximum atomic E-state index is 12.2. The number of hydrogen-bond acceptors (Lipinski definition) is 4. The molecule has 0 radical (unpaired) electrons. The number of anilines is 1. The molecule has 0 saturated carbocycles. The summed E-state index contributed by atoms with van der Waals surface area (Å²) in [7, 11) is 0. The van der Waals surface area contributed by atoms with E-state index in [0.717, 1.165) is 12.0 Å². The highest BCUT2D eigenvalue weighted by atomic mass is 16.5. The molecule has 2 rings (SSSR count). The SMILES string of the molecule is Cc1ccc(C(=O)NCCCOC(C)C)cc1NC(=O)c1ccco1. The minimum Gasteiger partial charge on any atom is -0.459 e. The second-order valence-electron chi connectivity index (χ2n) is 5.99. The monoisotopic (exact) mass is 344 g/mol. The molecule has 0 aliphatic rings. The molecule has 0 aliphatic heterocycles. The minimum atomic E-state index is -0.350. The number of aryl methyl sites for hydroxylation is 1. The molecule has 0 spiro atoms. The van der Waals surface area contributed by atoms with Crippen LogP contribution in [0.2, 0.25) is 0 Å². The first kappa shape index (κ1) is 18.7. The van der Waals surface area contributed by atoms with Crippen molar-refractivity contribution in [3.8, 4) is 0 Å². The number of carbonyl (C=O) groups is 2. The molecule has 134 valence electrons. The van der Waals surface area contributed by atoms with E-state index in [4.69, 9.17) is 9.15 Å². The number of rotatable bonds is 8. The highest BCUT2D eigenvalue weighted by molar-refractivity contribution is 6.03. The number of furan rings is 1. The fourth-order valence-corrected chi connectivity index (χ4v) is 2.18. The summed E-state index contributed by atoms with van der Waals surface area (Å²) in [5, 5.41) is 5.61. The van der Waals surface area contributed by atoms with E-state index in [9.17, 15) is 9.59 Å². The third kappa shape index (κ3) is 5.76. The standard InChI is InChI=1S/C19H24N2O4/c1-13(2)24-11-5-9-20-18(22)15-8-7-14(3)16(12-15)21-19(23)17-6-4-10-25-17/h4,6-8,10,12-13H,5,9,11H2,1-3H3,(H,20,22)(H,21,23). The Morgan fingerprint density at radius 3 is 2.68 bits per heavy atom. The van der Waals surface area contributed by atoms with Crippen molar-refractivity contribution in [3.63, 3.8) is 0 Å². The average molecular weight is 344 g/mol. The molecule has 0 aliphatic carbocycles. The van der Waals surface area contributed by atoms with E-state index in [0.29, 0.717) is 24.4 Å². The van der Waals surface area contributed by atoms with Crippen molar-refractivity contribution >= 4 is 17.5 Å². The van der Waals surface area contributed by atoms with Crippen molar-refractivity contribution in [1.29, 1.82) is 0 Å². The van der Waals surface area contributed by atoms with E-state index in [-0.39, 0.29) is 23.7 Å². The number of carbonyl (C=O) groups excluding carboxylic acids is 2. The Morgan fingerprint density at radius 2 is 2.00 bits per heavy atom. The van der Waals surface area contributed by atoms with Gasteiger partial charge in [0.2, 0.25) is 0 Å². The Hall–Kier alpha value is -2.60. The number of ether oxygens (including phenoxy) is 1. The smallest absolute Gasteiger partial charge is 0.291 e. The molecule has 1 heterocycles. The molecule has 0 unspecified atom stereocenters.